The number of halogens is 3. The minimum absolute atomic E-state index is 0.0344. The number of alkyl halides is 3. The fraction of sp³-hybridized carbons (Fsp3) is 0.471. The molecule has 6 nitrogen and oxygen atoms in total. The van der Waals surface area contributed by atoms with Crippen LogP contribution in [0.15, 0.2) is 28.8 Å². The summed E-state index contributed by atoms with van der Waals surface area (Å²) in [5.74, 6) is 1.04. The molecule has 1 heterocycles. The van der Waals surface area contributed by atoms with Gasteiger partial charge in [0.15, 0.2) is 12.4 Å². The first-order valence-corrected chi connectivity index (χ1v) is 8.15. The quantitative estimate of drug-likeness (QED) is 0.756. The molecule has 26 heavy (non-hydrogen) atoms. The molecule has 142 valence electrons. The molecular weight excluding hydrogens is 351 g/mol. The summed E-state index contributed by atoms with van der Waals surface area (Å²) in [6.45, 7) is 2.52. The third kappa shape index (κ3) is 6.73. The lowest BCUT2D eigenvalue weighted by atomic mass is 10.2. The molecule has 2 aromatic rings. The van der Waals surface area contributed by atoms with E-state index in [0.717, 1.165) is 0 Å². The minimum atomic E-state index is -4.41. The van der Waals surface area contributed by atoms with Gasteiger partial charge in [-0.05, 0) is 18.6 Å². The zero-order valence-corrected chi connectivity index (χ0v) is 14.5. The molecule has 0 atom stereocenters. The number of ether oxygens (including phenoxy) is 1. The number of nitrogens with one attached hydrogen (secondary N) is 1. The van der Waals surface area contributed by atoms with Gasteiger partial charge in [-0.15, -0.1) is 0 Å². The summed E-state index contributed by atoms with van der Waals surface area (Å²) in [5.41, 5.74) is 0.370. The van der Waals surface area contributed by atoms with Gasteiger partial charge in [0, 0.05) is 30.5 Å². The molecule has 1 amide bonds. The highest BCUT2D eigenvalue weighted by Crippen LogP contribution is 2.21. The molecule has 9 heteroatoms. The first-order valence-electron chi connectivity index (χ1n) is 8.15. The molecule has 0 aliphatic rings. The van der Waals surface area contributed by atoms with E-state index in [-0.39, 0.29) is 24.0 Å². The highest BCUT2D eigenvalue weighted by Gasteiger charge is 2.28. The average Bonchev–Trinajstić information content (AvgIpc) is 3.02. The van der Waals surface area contributed by atoms with Crippen LogP contribution in [0.2, 0.25) is 0 Å². The SMILES string of the molecule is CC(C)c1noc(CCCC(=O)Nc2cccc(OCC(F)(F)F)c2)n1. The van der Waals surface area contributed by atoms with Crippen LogP contribution in [0.1, 0.15) is 44.3 Å². The first kappa shape index (κ1) is 19.7. The lowest BCUT2D eigenvalue weighted by Gasteiger charge is -2.10. The van der Waals surface area contributed by atoms with Crippen molar-refractivity contribution >= 4 is 11.6 Å². The summed E-state index contributed by atoms with van der Waals surface area (Å²) in [7, 11) is 0. The van der Waals surface area contributed by atoms with E-state index in [0.29, 0.717) is 30.2 Å². The van der Waals surface area contributed by atoms with E-state index in [1.54, 1.807) is 6.07 Å². The molecule has 0 radical (unpaired) electrons. The number of aryl methyl sites for hydroxylation is 1. The van der Waals surface area contributed by atoms with Gasteiger partial charge in [-0.25, -0.2) is 0 Å². The van der Waals surface area contributed by atoms with Crippen molar-refractivity contribution in [2.75, 3.05) is 11.9 Å². The molecule has 0 fully saturated rings. The number of carbonyl (C=O) groups excluding carboxylic acids is 1. The lowest BCUT2D eigenvalue weighted by Crippen LogP contribution is -2.19. The Labute approximate surface area is 148 Å². The van der Waals surface area contributed by atoms with Crippen LogP contribution in [0.4, 0.5) is 18.9 Å². The van der Waals surface area contributed by atoms with Crippen LogP contribution in [0.3, 0.4) is 0 Å². The third-order valence-corrected chi connectivity index (χ3v) is 3.31. The Morgan fingerprint density at radius 2 is 2.12 bits per heavy atom. The average molecular weight is 371 g/mol. The molecule has 0 aliphatic heterocycles. The van der Waals surface area contributed by atoms with Crippen molar-refractivity contribution in [3.05, 3.63) is 36.0 Å². The molecule has 0 bridgehead atoms. The first-order chi connectivity index (χ1) is 12.2. The number of carbonyl (C=O) groups is 1. The highest BCUT2D eigenvalue weighted by atomic mass is 19.4. The van der Waals surface area contributed by atoms with Crippen molar-refractivity contribution in [3.63, 3.8) is 0 Å². The third-order valence-electron chi connectivity index (χ3n) is 3.31. The number of hydrogen-bond donors (Lipinski definition) is 1. The molecule has 1 N–H and O–H groups in total. The van der Waals surface area contributed by atoms with E-state index in [4.69, 9.17) is 4.52 Å². The van der Waals surface area contributed by atoms with Crippen LogP contribution in [0.5, 0.6) is 5.75 Å². The van der Waals surface area contributed by atoms with Gasteiger partial charge in [-0.1, -0.05) is 25.1 Å². The van der Waals surface area contributed by atoms with Gasteiger partial charge in [0.05, 0.1) is 0 Å². The van der Waals surface area contributed by atoms with E-state index in [2.05, 4.69) is 20.2 Å². The Balaban J connectivity index is 1.78. The predicted molar refractivity (Wildman–Crippen MR) is 87.9 cm³/mol. The molecule has 0 unspecified atom stereocenters. The molecule has 0 spiro atoms. The molecule has 0 saturated carbocycles. The highest BCUT2D eigenvalue weighted by molar-refractivity contribution is 5.90. The van der Waals surface area contributed by atoms with E-state index in [1.807, 2.05) is 13.8 Å². The van der Waals surface area contributed by atoms with Crippen molar-refractivity contribution in [2.24, 2.45) is 0 Å². The topological polar surface area (TPSA) is 77.2 Å². The Bertz CT molecular complexity index is 729. The zero-order valence-electron chi connectivity index (χ0n) is 14.5. The number of anilines is 1. The Hall–Kier alpha value is -2.58. The van der Waals surface area contributed by atoms with Gasteiger partial charge in [-0.3, -0.25) is 4.79 Å². The second-order valence-corrected chi connectivity index (χ2v) is 6.03. The van der Waals surface area contributed by atoms with E-state index < -0.39 is 12.8 Å². The molecule has 2 rings (SSSR count). The van der Waals surface area contributed by atoms with Crippen LogP contribution in [0.25, 0.3) is 0 Å². The van der Waals surface area contributed by atoms with Crippen molar-refractivity contribution in [1.82, 2.24) is 10.1 Å². The predicted octanol–water partition coefficient (Wildman–Crippen LogP) is 4.10. The lowest BCUT2D eigenvalue weighted by molar-refractivity contribution is -0.153. The van der Waals surface area contributed by atoms with Gasteiger partial charge in [-0.2, -0.15) is 18.2 Å². The number of benzene rings is 1. The Morgan fingerprint density at radius 1 is 1.35 bits per heavy atom. The van der Waals surface area contributed by atoms with Gasteiger partial charge in [0.25, 0.3) is 0 Å². The molecule has 1 aromatic carbocycles. The van der Waals surface area contributed by atoms with Crippen LogP contribution in [0, 0.1) is 0 Å². The molecule has 0 aliphatic carbocycles. The van der Waals surface area contributed by atoms with E-state index in [1.165, 1.54) is 18.2 Å². The number of rotatable bonds is 8. The normalized spacial score (nSPS) is 11.6. The maximum absolute atomic E-state index is 12.2. The maximum Gasteiger partial charge on any atom is 0.422 e. The van der Waals surface area contributed by atoms with Crippen LogP contribution in [-0.2, 0) is 11.2 Å². The second-order valence-electron chi connectivity index (χ2n) is 6.03. The van der Waals surface area contributed by atoms with Crippen molar-refractivity contribution in [3.8, 4) is 5.75 Å². The minimum Gasteiger partial charge on any atom is -0.484 e. The van der Waals surface area contributed by atoms with Gasteiger partial charge < -0.3 is 14.6 Å². The number of aromatic nitrogens is 2. The van der Waals surface area contributed by atoms with Gasteiger partial charge in [0.2, 0.25) is 11.8 Å². The Kier molecular flexibility index (Phi) is 6.59. The summed E-state index contributed by atoms with van der Waals surface area (Å²) >= 11 is 0. The fourth-order valence-corrected chi connectivity index (χ4v) is 2.06. The van der Waals surface area contributed by atoms with Crippen LogP contribution >= 0.6 is 0 Å². The maximum atomic E-state index is 12.2. The monoisotopic (exact) mass is 371 g/mol. The largest absolute Gasteiger partial charge is 0.484 e. The second kappa shape index (κ2) is 8.68. The number of hydrogen-bond acceptors (Lipinski definition) is 5. The molecule has 1 aromatic heterocycles. The summed E-state index contributed by atoms with van der Waals surface area (Å²) < 4.78 is 46.2. The summed E-state index contributed by atoms with van der Waals surface area (Å²) in [5, 5.41) is 6.47. The van der Waals surface area contributed by atoms with Crippen molar-refractivity contribution < 1.29 is 27.2 Å². The zero-order chi connectivity index (χ0) is 19.2. The summed E-state index contributed by atoms with van der Waals surface area (Å²) in [4.78, 5) is 16.2. The van der Waals surface area contributed by atoms with E-state index in [9.17, 15) is 18.0 Å². The molecule has 0 saturated heterocycles. The van der Waals surface area contributed by atoms with Gasteiger partial charge >= 0.3 is 6.18 Å². The number of nitrogens with zero attached hydrogens (tertiary/aromatic N) is 2. The van der Waals surface area contributed by atoms with Gasteiger partial charge in [0.1, 0.15) is 5.75 Å². The fourth-order valence-electron chi connectivity index (χ4n) is 2.06. The van der Waals surface area contributed by atoms with Crippen molar-refractivity contribution in [2.45, 2.75) is 45.2 Å². The smallest absolute Gasteiger partial charge is 0.422 e. The summed E-state index contributed by atoms with van der Waals surface area (Å²) in [6, 6.07) is 5.82. The molecular formula is C17H20F3N3O3. The van der Waals surface area contributed by atoms with Crippen LogP contribution in [-0.4, -0.2) is 28.8 Å². The summed E-state index contributed by atoms with van der Waals surface area (Å²) in [6.07, 6.45) is -3.21. The van der Waals surface area contributed by atoms with Crippen molar-refractivity contribution in [1.29, 1.82) is 0 Å². The van der Waals surface area contributed by atoms with Crippen LogP contribution < -0.4 is 10.1 Å². The van der Waals surface area contributed by atoms with E-state index >= 15 is 0 Å². The number of amides is 1. The Morgan fingerprint density at radius 3 is 2.77 bits per heavy atom. The standard InChI is InChI=1S/C17H20F3N3O3/c1-11(2)16-22-15(26-23-16)8-4-7-14(24)21-12-5-3-6-13(9-12)25-10-17(18,19)20/h3,5-6,9,11H,4,7-8,10H2,1-2H3,(H,21,24).